The third-order valence-corrected chi connectivity index (χ3v) is 10.8. The number of fused-ring (bicyclic) bond motifs is 1. The lowest BCUT2D eigenvalue weighted by atomic mass is 9.91. The second kappa shape index (κ2) is 15.3. The molecule has 1 unspecified atom stereocenters. The van der Waals surface area contributed by atoms with Crippen LogP contribution in [0.4, 0.5) is 16.6 Å². The average molecular weight is 731 g/mol. The van der Waals surface area contributed by atoms with Gasteiger partial charge in [-0.3, -0.25) is 4.68 Å². The van der Waals surface area contributed by atoms with Gasteiger partial charge in [0, 0.05) is 37.8 Å². The van der Waals surface area contributed by atoms with E-state index in [1.54, 1.807) is 29.7 Å². The van der Waals surface area contributed by atoms with Crippen LogP contribution in [0.5, 0.6) is 0 Å². The van der Waals surface area contributed by atoms with Crippen LogP contribution in [0.25, 0.3) is 11.2 Å². The van der Waals surface area contributed by atoms with Gasteiger partial charge < -0.3 is 40.6 Å². The number of carbonyl (C=O) groups is 1. The summed E-state index contributed by atoms with van der Waals surface area (Å²) in [7, 11) is 0. The van der Waals surface area contributed by atoms with Crippen molar-refractivity contribution >= 4 is 29.0 Å². The molecular formula is C39H46N12O3. The molecule has 0 radical (unpaired) electrons. The molecule has 280 valence electrons. The Bertz CT molecular complexity index is 2120. The van der Waals surface area contributed by atoms with Crippen LogP contribution in [0, 0.1) is 0 Å². The second-order valence-corrected chi connectivity index (χ2v) is 14.3. The number of H-pyrrole nitrogens is 1. The number of nitrogens with zero attached hydrogens (tertiary/aromatic N) is 8. The van der Waals surface area contributed by atoms with Gasteiger partial charge in [-0.25, -0.2) is 14.8 Å². The van der Waals surface area contributed by atoms with Crippen LogP contribution in [0.2, 0.25) is 0 Å². The minimum absolute atomic E-state index is 0.0284. The van der Waals surface area contributed by atoms with E-state index >= 15 is 0 Å². The molecule has 2 amide bonds. The Morgan fingerprint density at radius 2 is 1.74 bits per heavy atom. The molecule has 1 aliphatic carbocycles. The fraction of sp³-hybridized carbons (Fsp3) is 0.385. The summed E-state index contributed by atoms with van der Waals surface area (Å²) in [5.41, 5.74) is 5.33. The van der Waals surface area contributed by atoms with Crippen LogP contribution in [0.3, 0.4) is 0 Å². The molecule has 54 heavy (non-hydrogen) atoms. The number of anilines is 2. The number of benzene rings is 2. The van der Waals surface area contributed by atoms with Crippen molar-refractivity contribution in [2.75, 3.05) is 29.9 Å². The maximum Gasteiger partial charge on any atom is 0.315 e. The van der Waals surface area contributed by atoms with Gasteiger partial charge in [-0.1, -0.05) is 67.6 Å². The number of hydrogen-bond acceptors (Lipinski definition) is 10. The molecule has 2 fully saturated rings. The van der Waals surface area contributed by atoms with Gasteiger partial charge in [0.2, 0.25) is 5.95 Å². The fourth-order valence-corrected chi connectivity index (χ4v) is 7.74. The highest BCUT2D eigenvalue weighted by Gasteiger charge is 2.44. The van der Waals surface area contributed by atoms with Crippen molar-refractivity contribution in [1.82, 2.24) is 49.9 Å². The molecule has 6 aromatic rings. The van der Waals surface area contributed by atoms with Gasteiger partial charge in [0.05, 0.1) is 48.9 Å². The summed E-state index contributed by atoms with van der Waals surface area (Å²) in [6.45, 7) is 5.63. The molecule has 4 aromatic heterocycles. The molecule has 6 atom stereocenters. The van der Waals surface area contributed by atoms with Crippen LogP contribution in [-0.2, 0) is 6.42 Å². The van der Waals surface area contributed by atoms with E-state index < -0.39 is 24.3 Å². The molecule has 1 aliphatic heterocycles. The van der Waals surface area contributed by atoms with Crippen LogP contribution < -0.4 is 20.9 Å². The van der Waals surface area contributed by atoms with Gasteiger partial charge in [-0.05, 0) is 42.9 Å². The molecule has 5 heterocycles. The Kier molecular flexibility index (Phi) is 9.97. The Balaban J connectivity index is 1.09. The summed E-state index contributed by atoms with van der Waals surface area (Å²) in [6.07, 6.45) is 8.58. The lowest BCUT2D eigenvalue weighted by molar-refractivity contribution is 0.00721. The molecule has 15 heteroatoms. The van der Waals surface area contributed by atoms with Crippen molar-refractivity contribution in [2.45, 2.75) is 75.4 Å². The quantitative estimate of drug-likeness (QED) is 0.107. The largest absolute Gasteiger partial charge is 0.388 e. The third kappa shape index (κ3) is 7.11. The Morgan fingerprint density at radius 1 is 1.00 bits per heavy atom. The molecule has 1 saturated heterocycles. The molecule has 0 spiro atoms. The molecule has 0 bridgehead atoms. The number of hydrogen-bond donors (Lipinski definition) is 6. The van der Waals surface area contributed by atoms with Gasteiger partial charge in [-0.15, -0.1) is 0 Å². The first-order chi connectivity index (χ1) is 26.4. The van der Waals surface area contributed by atoms with E-state index in [9.17, 15) is 15.0 Å². The summed E-state index contributed by atoms with van der Waals surface area (Å²) in [6, 6.07) is 19.2. The number of aliphatic hydroxyl groups is 2. The molecule has 2 aromatic carbocycles. The number of aromatic nitrogens is 8. The minimum atomic E-state index is -1.07. The Labute approximate surface area is 312 Å². The van der Waals surface area contributed by atoms with E-state index in [1.165, 1.54) is 11.1 Å². The Hall–Kier alpha value is -5.80. The highest BCUT2D eigenvalue weighted by Crippen LogP contribution is 2.40. The summed E-state index contributed by atoms with van der Waals surface area (Å²) in [4.78, 5) is 37.0. The Morgan fingerprint density at radius 3 is 2.43 bits per heavy atom. The van der Waals surface area contributed by atoms with E-state index in [2.05, 4.69) is 67.1 Å². The van der Waals surface area contributed by atoms with Crippen molar-refractivity contribution in [3.8, 4) is 0 Å². The van der Waals surface area contributed by atoms with Crippen LogP contribution in [0.15, 0.2) is 91.9 Å². The monoisotopic (exact) mass is 730 g/mol. The number of aliphatic hydroxyl groups excluding tert-OH is 2. The molecule has 2 aliphatic rings. The number of rotatable bonds is 12. The van der Waals surface area contributed by atoms with Crippen molar-refractivity contribution in [1.29, 1.82) is 0 Å². The summed E-state index contributed by atoms with van der Waals surface area (Å²) in [5, 5.41) is 36.9. The topological polar surface area (TPSA) is 187 Å². The van der Waals surface area contributed by atoms with Crippen molar-refractivity contribution in [3.05, 3.63) is 114 Å². The summed E-state index contributed by atoms with van der Waals surface area (Å²) >= 11 is 0. The predicted octanol–water partition coefficient (Wildman–Crippen LogP) is 4.10. The highest BCUT2D eigenvalue weighted by atomic mass is 16.3. The smallest absolute Gasteiger partial charge is 0.315 e. The van der Waals surface area contributed by atoms with Crippen LogP contribution in [0.1, 0.15) is 73.1 Å². The normalized spacial score (nSPS) is 21.9. The molecular weight excluding hydrogens is 685 g/mol. The predicted molar refractivity (Wildman–Crippen MR) is 204 cm³/mol. The standard InChI is InChI=1S/C39H46N12O3/c1-3-25-17-44-51(20-25)32-16-31(34(52)35(32)53)50-23-43-33-36(41-18-29(26-10-6-4-7-11-26)27-12-8-5-9-13-27)47-38(48-37(33)50)49-15-14-28(21-49)46-39(54)45-24(2)30-19-40-22-42-30/h4-13,17,19-20,22-24,28-29,31-32,34-35,52-53H,3,14-16,18,21H2,1-2H3,(H,40,42)(H,41,47,48)(H2,45,46,54)/t24?,28-,31-,32+,34+,35-/m1/s1. The van der Waals surface area contributed by atoms with Gasteiger partial charge in [0.15, 0.2) is 17.0 Å². The average Bonchev–Trinajstić information content (AvgIpc) is 4.05. The van der Waals surface area contributed by atoms with E-state index in [0.717, 1.165) is 17.7 Å². The van der Waals surface area contributed by atoms with Gasteiger partial charge in [0.25, 0.3) is 0 Å². The zero-order valence-corrected chi connectivity index (χ0v) is 30.3. The van der Waals surface area contributed by atoms with E-state index in [0.29, 0.717) is 55.4 Å². The van der Waals surface area contributed by atoms with E-state index in [1.807, 2.05) is 54.1 Å². The third-order valence-electron chi connectivity index (χ3n) is 10.8. The lowest BCUT2D eigenvalue weighted by Crippen LogP contribution is -2.44. The summed E-state index contributed by atoms with van der Waals surface area (Å²) < 4.78 is 3.63. The lowest BCUT2D eigenvalue weighted by Gasteiger charge is -2.22. The second-order valence-electron chi connectivity index (χ2n) is 14.3. The summed E-state index contributed by atoms with van der Waals surface area (Å²) in [5.74, 6) is 1.08. The zero-order valence-electron chi connectivity index (χ0n) is 30.3. The van der Waals surface area contributed by atoms with Crippen LogP contribution >= 0.6 is 0 Å². The molecule has 15 nitrogen and oxygen atoms in total. The van der Waals surface area contributed by atoms with Gasteiger partial charge >= 0.3 is 6.03 Å². The SMILES string of the molecule is CCc1cnn([C@H]2C[C@@H](n3cnc4c(NCC(c5ccccc5)c5ccccc5)nc(N5CC[C@@H](NC(=O)NC(C)c6cnc[nH]6)C5)nc43)[C@H](O)[C@@H]2O)c1. The number of urea groups is 1. The molecule has 8 rings (SSSR count). The molecule has 1 saturated carbocycles. The van der Waals surface area contributed by atoms with Gasteiger partial charge in [-0.2, -0.15) is 15.1 Å². The molecule has 6 N–H and O–H groups in total. The van der Waals surface area contributed by atoms with Crippen LogP contribution in [-0.4, -0.2) is 93.4 Å². The van der Waals surface area contributed by atoms with E-state index in [-0.39, 0.29) is 24.0 Å². The zero-order chi connectivity index (χ0) is 37.2. The number of carbonyl (C=O) groups excluding carboxylic acids is 1. The maximum atomic E-state index is 12.9. The van der Waals surface area contributed by atoms with Crippen molar-refractivity contribution < 1.29 is 15.0 Å². The highest BCUT2D eigenvalue weighted by molar-refractivity contribution is 5.84. The fourth-order valence-electron chi connectivity index (χ4n) is 7.74. The number of aryl methyl sites for hydroxylation is 1. The first kappa shape index (κ1) is 35.2. The maximum absolute atomic E-state index is 12.9. The van der Waals surface area contributed by atoms with E-state index in [4.69, 9.17) is 15.0 Å². The minimum Gasteiger partial charge on any atom is -0.388 e. The van der Waals surface area contributed by atoms with Gasteiger partial charge in [0.1, 0.15) is 12.2 Å². The first-order valence-electron chi connectivity index (χ1n) is 18.6. The number of aromatic amines is 1. The van der Waals surface area contributed by atoms with Crippen molar-refractivity contribution in [3.63, 3.8) is 0 Å². The number of imidazole rings is 2. The number of amides is 2. The van der Waals surface area contributed by atoms with Crippen molar-refractivity contribution in [2.24, 2.45) is 0 Å². The first-order valence-corrected chi connectivity index (χ1v) is 18.6. The number of nitrogens with one attached hydrogen (secondary N) is 4.